The number of amides is 3. The molecule has 1 rings (SSSR count). The zero-order valence-electron chi connectivity index (χ0n) is 12.1. The Morgan fingerprint density at radius 1 is 1.18 bits per heavy atom. The van der Waals surface area contributed by atoms with Crippen molar-refractivity contribution in [2.24, 2.45) is 0 Å². The van der Waals surface area contributed by atoms with E-state index >= 15 is 0 Å². The molecule has 8 heteroatoms. The molecule has 0 bridgehead atoms. The molecule has 0 saturated heterocycles. The first-order valence-electron chi connectivity index (χ1n) is 6.64. The molecule has 0 aromatic heterocycles. The van der Waals surface area contributed by atoms with E-state index in [1.165, 1.54) is 11.9 Å². The predicted octanol–water partition coefficient (Wildman–Crippen LogP) is 1.89. The van der Waals surface area contributed by atoms with Crippen molar-refractivity contribution in [3.8, 4) is 0 Å². The van der Waals surface area contributed by atoms with Crippen molar-refractivity contribution in [3.05, 3.63) is 28.7 Å². The van der Waals surface area contributed by atoms with Gasteiger partial charge in [-0.3, -0.25) is 9.59 Å². The highest BCUT2D eigenvalue weighted by molar-refractivity contribution is 9.10. The minimum absolute atomic E-state index is 0.117. The van der Waals surface area contributed by atoms with Gasteiger partial charge < -0.3 is 20.6 Å². The number of anilines is 1. The zero-order chi connectivity index (χ0) is 16.5. The van der Waals surface area contributed by atoms with Crippen LogP contribution in [0.2, 0.25) is 0 Å². The van der Waals surface area contributed by atoms with Gasteiger partial charge in [0.25, 0.3) is 0 Å². The van der Waals surface area contributed by atoms with Gasteiger partial charge in [0.15, 0.2) is 0 Å². The van der Waals surface area contributed by atoms with Gasteiger partial charge >= 0.3 is 12.0 Å². The summed E-state index contributed by atoms with van der Waals surface area (Å²) in [6.45, 7) is 0.296. The molecule has 0 radical (unpaired) electrons. The topological polar surface area (TPSA) is 98.7 Å². The molecule has 0 spiro atoms. The molecule has 3 amide bonds. The number of urea groups is 1. The second-order valence-corrected chi connectivity index (χ2v) is 5.52. The number of hydrogen-bond acceptors (Lipinski definition) is 3. The fraction of sp³-hybridized carbons (Fsp3) is 0.357. The van der Waals surface area contributed by atoms with E-state index in [1.807, 2.05) is 12.1 Å². The first-order chi connectivity index (χ1) is 10.4. The number of carboxylic acid groups (broad SMARTS) is 1. The van der Waals surface area contributed by atoms with Gasteiger partial charge in [-0.2, -0.15) is 0 Å². The lowest BCUT2D eigenvalue weighted by molar-refractivity contribution is -0.137. The van der Waals surface area contributed by atoms with Crippen LogP contribution < -0.4 is 10.6 Å². The summed E-state index contributed by atoms with van der Waals surface area (Å²) in [6, 6.07) is 6.75. The van der Waals surface area contributed by atoms with Crippen molar-refractivity contribution in [3.63, 3.8) is 0 Å². The first-order valence-corrected chi connectivity index (χ1v) is 7.44. The summed E-state index contributed by atoms with van der Waals surface area (Å²) < 4.78 is 0.919. The van der Waals surface area contributed by atoms with E-state index in [2.05, 4.69) is 26.6 Å². The second kappa shape index (κ2) is 9.04. The van der Waals surface area contributed by atoms with E-state index in [4.69, 9.17) is 5.11 Å². The molecule has 0 aliphatic carbocycles. The summed E-state index contributed by atoms with van der Waals surface area (Å²) in [6.07, 6.45) is 0.0164. The molecule has 1 aromatic rings. The van der Waals surface area contributed by atoms with Crippen LogP contribution in [0.15, 0.2) is 28.7 Å². The van der Waals surface area contributed by atoms with Gasteiger partial charge in [0, 0.05) is 36.7 Å². The van der Waals surface area contributed by atoms with Crippen molar-refractivity contribution in [2.75, 3.05) is 25.5 Å². The van der Waals surface area contributed by atoms with Crippen LogP contribution >= 0.6 is 15.9 Å². The molecule has 0 saturated carbocycles. The second-order valence-electron chi connectivity index (χ2n) is 4.60. The van der Waals surface area contributed by atoms with Crippen molar-refractivity contribution in [1.82, 2.24) is 10.2 Å². The van der Waals surface area contributed by atoms with Crippen LogP contribution in [0, 0.1) is 0 Å². The predicted molar refractivity (Wildman–Crippen MR) is 85.7 cm³/mol. The minimum atomic E-state index is -0.964. The molecule has 22 heavy (non-hydrogen) atoms. The summed E-state index contributed by atoms with van der Waals surface area (Å²) in [4.78, 5) is 35.0. The van der Waals surface area contributed by atoms with Crippen LogP contribution in [0.1, 0.15) is 12.8 Å². The zero-order valence-corrected chi connectivity index (χ0v) is 13.7. The fourth-order valence-corrected chi connectivity index (χ4v) is 1.80. The first kappa shape index (κ1) is 18.0. The van der Waals surface area contributed by atoms with Gasteiger partial charge in [-0.05, 0) is 24.3 Å². The number of nitrogens with one attached hydrogen (secondary N) is 2. The Morgan fingerprint density at radius 3 is 2.41 bits per heavy atom. The number of rotatable bonds is 7. The lowest BCUT2D eigenvalue weighted by atomic mass is 10.3. The lowest BCUT2D eigenvalue weighted by Crippen LogP contribution is -2.39. The minimum Gasteiger partial charge on any atom is -0.481 e. The van der Waals surface area contributed by atoms with Crippen LogP contribution in [0.5, 0.6) is 0 Å². The largest absolute Gasteiger partial charge is 0.481 e. The van der Waals surface area contributed by atoms with Crippen molar-refractivity contribution < 1.29 is 19.5 Å². The Kier molecular flexibility index (Phi) is 7.38. The Bertz CT molecular complexity index is 533. The maximum atomic E-state index is 11.7. The van der Waals surface area contributed by atoms with Gasteiger partial charge in [0.1, 0.15) is 0 Å². The average molecular weight is 372 g/mol. The quantitative estimate of drug-likeness (QED) is 0.681. The third kappa shape index (κ3) is 7.07. The normalized spacial score (nSPS) is 9.91. The number of carbonyl (C=O) groups is 3. The van der Waals surface area contributed by atoms with Crippen LogP contribution in [-0.2, 0) is 9.59 Å². The number of aliphatic carboxylic acids is 1. The van der Waals surface area contributed by atoms with Crippen molar-refractivity contribution >= 4 is 39.5 Å². The number of halogens is 1. The molecular weight excluding hydrogens is 354 g/mol. The van der Waals surface area contributed by atoms with Crippen LogP contribution in [0.3, 0.4) is 0 Å². The van der Waals surface area contributed by atoms with Gasteiger partial charge in [0.2, 0.25) is 5.91 Å². The molecule has 0 aliphatic heterocycles. The molecule has 1 aromatic carbocycles. The summed E-state index contributed by atoms with van der Waals surface area (Å²) >= 11 is 3.30. The van der Waals surface area contributed by atoms with E-state index in [1.54, 1.807) is 12.1 Å². The Labute approximate surface area is 136 Å². The van der Waals surface area contributed by atoms with E-state index in [-0.39, 0.29) is 31.8 Å². The monoisotopic (exact) mass is 371 g/mol. The number of carboxylic acids is 1. The third-order valence-electron chi connectivity index (χ3n) is 2.76. The number of hydrogen-bond donors (Lipinski definition) is 3. The van der Waals surface area contributed by atoms with Crippen molar-refractivity contribution in [2.45, 2.75) is 12.8 Å². The summed E-state index contributed by atoms with van der Waals surface area (Å²) in [5.41, 5.74) is 0.679. The fourth-order valence-electron chi connectivity index (χ4n) is 1.54. The third-order valence-corrected chi connectivity index (χ3v) is 3.29. The maximum Gasteiger partial charge on any atom is 0.317 e. The number of nitrogens with zero attached hydrogens (tertiary/aromatic N) is 1. The average Bonchev–Trinajstić information content (AvgIpc) is 2.47. The maximum absolute atomic E-state index is 11.7. The van der Waals surface area contributed by atoms with Crippen LogP contribution in [0.25, 0.3) is 0 Å². The molecule has 120 valence electrons. The lowest BCUT2D eigenvalue weighted by Gasteiger charge is -2.16. The number of benzene rings is 1. The SMILES string of the molecule is CN(CCC(=O)O)C(=O)NCCC(=O)Nc1ccc(Br)cc1. The molecule has 0 aliphatic rings. The molecule has 3 N–H and O–H groups in total. The molecular formula is C14H18BrN3O4. The van der Waals surface area contributed by atoms with E-state index in [0.29, 0.717) is 5.69 Å². The Balaban J connectivity index is 2.25. The highest BCUT2D eigenvalue weighted by Gasteiger charge is 2.10. The Morgan fingerprint density at radius 2 is 1.82 bits per heavy atom. The molecule has 0 atom stereocenters. The summed E-state index contributed by atoms with van der Waals surface area (Å²) in [7, 11) is 1.50. The smallest absolute Gasteiger partial charge is 0.317 e. The molecule has 0 unspecified atom stereocenters. The van der Waals surface area contributed by atoms with Crippen LogP contribution in [0.4, 0.5) is 10.5 Å². The van der Waals surface area contributed by atoms with E-state index in [9.17, 15) is 14.4 Å². The van der Waals surface area contributed by atoms with Gasteiger partial charge in [0.05, 0.1) is 6.42 Å². The number of carbonyl (C=O) groups excluding carboxylic acids is 2. The molecule has 0 heterocycles. The molecule has 7 nitrogen and oxygen atoms in total. The summed E-state index contributed by atoms with van der Waals surface area (Å²) in [5.74, 6) is -1.18. The van der Waals surface area contributed by atoms with E-state index < -0.39 is 12.0 Å². The highest BCUT2D eigenvalue weighted by Crippen LogP contribution is 2.14. The Hall–Kier alpha value is -2.09. The van der Waals surface area contributed by atoms with Gasteiger partial charge in [-0.1, -0.05) is 15.9 Å². The van der Waals surface area contributed by atoms with Gasteiger partial charge in [-0.15, -0.1) is 0 Å². The van der Waals surface area contributed by atoms with Crippen LogP contribution in [-0.4, -0.2) is 48.1 Å². The molecule has 0 fully saturated rings. The van der Waals surface area contributed by atoms with Gasteiger partial charge in [-0.25, -0.2) is 4.79 Å². The van der Waals surface area contributed by atoms with E-state index in [0.717, 1.165) is 4.47 Å². The summed E-state index contributed by atoms with van der Waals surface area (Å²) in [5, 5.41) is 13.8. The standard InChI is InChI=1S/C14H18BrN3O4/c1-18(9-7-13(20)21)14(22)16-8-6-12(19)17-11-4-2-10(15)3-5-11/h2-5H,6-9H2,1H3,(H,16,22)(H,17,19)(H,20,21). The highest BCUT2D eigenvalue weighted by atomic mass is 79.9. The van der Waals surface area contributed by atoms with Crippen molar-refractivity contribution in [1.29, 1.82) is 0 Å².